The number of benzene rings is 2. The Bertz CT molecular complexity index is 836. The molecular formula is C24H33N3O3. The van der Waals surface area contributed by atoms with Crippen molar-refractivity contribution in [1.29, 1.82) is 0 Å². The Hall–Kier alpha value is -3.02. The highest BCUT2D eigenvalue weighted by Gasteiger charge is 2.07. The van der Waals surface area contributed by atoms with Crippen LogP contribution in [0.1, 0.15) is 51.5 Å². The maximum Gasteiger partial charge on any atom is 0.243 e. The van der Waals surface area contributed by atoms with Gasteiger partial charge < -0.3 is 20.7 Å². The lowest BCUT2D eigenvalue weighted by Gasteiger charge is -2.12. The molecule has 2 aromatic carbocycles. The van der Waals surface area contributed by atoms with Gasteiger partial charge in [-0.1, -0.05) is 45.2 Å². The molecule has 0 aromatic heterocycles. The van der Waals surface area contributed by atoms with Crippen LogP contribution in [0.5, 0.6) is 5.75 Å². The van der Waals surface area contributed by atoms with Gasteiger partial charge >= 0.3 is 0 Å². The van der Waals surface area contributed by atoms with E-state index < -0.39 is 0 Å². The number of hydrogen-bond acceptors (Lipinski definition) is 4. The summed E-state index contributed by atoms with van der Waals surface area (Å²) in [4.78, 5) is 24.0. The molecule has 0 aliphatic heterocycles. The fraction of sp³-hybridized carbons (Fsp3) is 0.417. The van der Waals surface area contributed by atoms with Gasteiger partial charge in [-0.05, 0) is 43.2 Å². The van der Waals surface area contributed by atoms with E-state index in [0.717, 1.165) is 29.1 Å². The van der Waals surface area contributed by atoms with Crippen LogP contribution in [-0.4, -0.2) is 25.0 Å². The zero-order valence-corrected chi connectivity index (χ0v) is 18.2. The normalized spacial score (nSPS) is 10.4. The highest BCUT2D eigenvalue weighted by Crippen LogP contribution is 2.21. The highest BCUT2D eigenvalue weighted by atomic mass is 16.5. The lowest BCUT2D eigenvalue weighted by molar-refractivity contribution is -0.116. The second-order valence-electron chi connectivity index (χ2n) is 7.27. The Labute approximate surface area is 179 Å². The third kappa shape index (κ3) is 8.15. The summed E-state index contributed by atoms with van der Waals surface area (Å²) >= 11 is 0. The molecule has 0 aliphatic carbocycles. The monoisotopic (exact) mass is 411 g/mol. The molecule has 0 atom stereocenters. The zero-order valence-electron chi connectivity index (χ0n) is 18.2. The SMILES string of the molecule is CCCCCCOc1cccc(NC(=O)CNc2ccc(C)c(NC(=O)CC)c2)c1. The van der Waals surface area contributed by atoms with E-state index in [1.54, 1.807) is 0 Å². The van der Waals surface area contributed by atoms with Crippen molar-refractivity contribution in [2.75, 3.05) is 29.1 Å². The molecule has 0 spiro atoms. The molecule has 0 fully saturated rings. The van der Waals surface area contributed by atoms with Gasteiger partial charge in [0, 0.05) is 29.5 Å². The summed E-state index contributed by atoms with van der Waals surface area (Å²) in [7, 11) is 0. The van der Waals surface area contributed by atoms with Gasteiger partial charge in [-0.3, -0.25) is 9.59 Å². The van der Waals surface area contributed by atoms with Crippen LogP contribution in [0.25, 0.3) is 0 Å². The first-order valence-electron chi connectivity index (χ1n) is 10.7. The molecule has 162 valence electrons. The van der Waals surface area contributed by atoms with Crippen molar-refractivity contribution < 1.29 is 14.3 Å². The average molecular weight is 412 g/mol. The van der Waals surface area contributed by atoms with Crippen molar-refractivity contribution in [3.63, 3.8) is 0 Å². The van der Waals surface area contributed by atoms with E-state index in [2.05, 4.69) is 22.9 Å². The summed E-state index contributed by atoms with van der Waals surface area (Å²) in [5.74, 6) is 0.558. The first kappa shape index (κ1) is 23.3. The van der Waals surface area contributed by atoms with Gasteiger partial charge in [0.25, 0.3) is 0 Å². The second kappa shape index (κ2) is 12.5. The van der Waals surface area contributed by atoms with Crippen LogP contribution < -0.4 is 20.7 Å². The van der Waals surface area contributed by atoms with E-state index in [4.69, 9.17) is 4.74 Å². The first-order valence-corrected chi connectivity index (χ1v) is 10.7. The molecule has 0 saturated heterocycles. The molecule has 0 bridgehead atoms. The Morgan fingerprint density at radius 3 is 2.50 bits per heavy atom. The van der Waals surface area contributed by atoms with E-state index in [9.17, 15) is 9.59 Å². The molecule has 3 N–H and O–H groups in total. The van der Waals surface area contributed by atoms with Crippen LogP contribution in [0.3, 0.4) is 0 Å². The van der Waals surface area contributed by atoms with E-state index in [1.807, 2.05) is 56.3 Å². The lowest BCUT2D eigenvalue weighted by atomic mass is 10.1. The topological polar surface area (TPSA) is 79.5 Å². The average Bonchev–Trinajstić information content (AvgIpc) is 2.74. The standard InChI is InChI=1S/C24H33N3O3/c1-4-6-7-8-14-30-21-11-9-10-20(15-21)26-24(29)17-25-19-13-12-18(3)22(16-19)27-23(28)5-2/h9-13,15-16,25H,4-8,14,17H2,1-3H3,(H,26,29)(H,27,28). The predicted octanol–water partition coefficient (Wildman–Crippen LogP) is 5.35. The maximum absolute atomic E-state index is 12.3. The predicted molar refractivity (Wildman–Crippen MR) is 123 cm³/mol. The molecule has 2 rings (SSSR count). The van der Waals surface area contributed by atoms with E-state index in [0.29, 0.717) is 18.7 Å². The highest BCUT2D eigenvalue weighted by molar-refractivity contribution is 5.94. The number of hydrogen-bond donors (Lipinski definition) is 3. The Kier molecular flexibility index (Phi) is 9.71. The smallest absolute Gasteiger partial charge is 0.243 e. The number of unbranched alkanes of at least 4 members (excludes halogenated alkanes) is 3. The molecule has 2 amide bonds. The number of rotatable bonds is 12. The minimum absolute atomic E-state index is 0.0412. The Morgan fingerprint density at radius 1 is 0.900 bits per heavy atom. The number of anilines is 3. The molecule has 0 heterocycles. The van der Waals surface area contributed by atoms with Crippen LogP contribution in [0.2, 0.25) is 0 Å². The van der Waals surface area contributed by atoms with Crippen LogP contribution >= 0.6 is 0 Å². The fourth-order valence-electron chi connectivity index (χ4n) is 2.88. The number of amides is 2. The first-order chi connectivity index (χ1) is 14.5. The molecule has 30 heavy (non-hydrogen) atoms. The zero-order chi connectivity index (χ0) is 21.8. The molecule has 0 saturated carbocycles. The third-order valence-corrected chi connectivity index (χ3v) is 4.67. The van der Waals surface area contributed by atoms with Gasteiger partial charge in [-0.25, -0.2) is 0 Å². The molecule has 0 unspecified atom stereocenters. The van der Waals surface area contributed by atoms with E-state index >= 15 is 0 Å². The minimum atomic E-state index is -0.158. The van der Waals surface area contributed by atoms with Gasteiger partial charge in [0.1, 0.15) is 5.75 Å². The van der Waals surface area contributed by atoms with Crippen LogP contribution in [0.15, 0.2) is 42.5 Å². The van der Waals surface area contributed by atoms with Crippen LogP contribution in [0, 0.1) is 6.92 Å². The number of carbonyl (C=O) groups excluding carboxylic acids is 2. The summed E-state index contributed by atoms with van der Waals surface area (Å²) in [6.07, 6.45) is 5.04. The minimum Gasteiger partial charge on any atom is -0.494 e. The molecule has 2 aromatic rings. The molecule has 6 heteroatoms. The van der Waals surface area contributed by atoms with Crippen molar-refractivity contribution in [3.05, 3.63) is 48.0 Å². The quantitative estimate of drug-likeness (QED) is 0.411. The van der Waals surface area contributed by atoms with Crippen molar-refractivity contribution in [1.82, 2.24) is 0 Å². The Morgan fingerprint density at radius 2 is 1.73 bits per heavy atom. The van der Waals surface area contributed by atoms with E-state index in [1.165, 1.54) is 19.3 Å². The number of aryl methyl sites for hydroxylation is 1. The van der Waals surface area contributed by atoms with Gasteiger partial charge in [0.05, 0.1) is 13.2 Å². The number of ether oxygens (including phenoxy) is 1. The van der Waals surface area contributed by atoms with Crippen molar-refractivity contribution in [3.8, 4) is 5.75 Å². The fourth-order valence-corrected chi connectivity index (χ4v) is 2.88. The molecule has 0 radical (unpaired) electrons. The number of nitrogens with one attached hydrogen (secondary N) is 3. The summed E-state index contributed by atoms with van der Waals surface area (Å²) < 4.78 is 5.77. The van der Waals surface area contributed by atoms with Crippen LogP contribution in [0.4, 0.5) is 17.1 Å². The molecular weight excluding hydrogens is 378 g/mol. The summed E-state index contributed by atoms with van der Waals surface area (Å²) in [5.41, 5.74) is 3.19. The molecule has 0 aliphatic rings. The third-order valence-electron chi connectivity index (χ3n) is 4.67. The van der Waals surface area contributed by atoms with Gasteiger partial charge in [-0.15, -0.1) is 0 Å². The van der Waals surface area contributed by atoms with Gasteiger partial charge in [0.2, 0.25) is 11.8 Å². The van der Waals surface area contributed by atoms with Crippen molar-refractivity contribution in [2.45, 2.75) is 52.9 Å². The van der Waals surface area contributed by atoms with Gasteiger partial charge in [-0.2, -0.15) is 0 Å². The van der Waals surface area contributed by atoms with Crippen molar-refractivity contribution >= 4 is 28.9 Å². The van der Waals surface area contributed by atoms with Crippen LogP contribution in [-0.2, 0) is 9.59 Å². The number of carbonyl (C=O) groups is 2. The largest absolute Gasteiger partial charge is 0.494 e. The Balaban J connectivity index is 1.84. The van der Waals surface area contributed by atoms with Gasteiger partial charge in [0.15, 0.2) is 0 Å². The van der Waals surface area contributed by atoms with Crippen molar-refractivity contribution in [2.24, 2.45) is 0 Å². The maximum atomic E-state index is 12.3. The van der Waals surface area contributed by atoms with E-state index in [-0.39, 0.29) is 18.4 Å². The lowest BCUT2D eigenvalue weighted by Crippen LogP contribution is -2.22. The summed E-state index contributed by atoms with van der Waals surface area (Å²) in [6, 6.07) is 13.1. The summed E-state index contributed by atoms with van der Waals surface area (Å²) in [6.45, 7) is 6.73. The second-order valence-corrected chi connectivity index (χ2v) is 7.27. The molecule has 6 nitrogen and oxygen atoms in total. The summed E-state index contributed by atoms with van der Waals surface area (Å²) in [5, 5.41) is 8.85.